The lowest BCUT2D eigenvalue weighted by molar-refractivity contribution is 0.0942. The maximum Gasteiger partial charge on any atom is 0.263 e. The van der Waals surface area contributed by atoms with Gasteiger partial charge in [-0.25, -0.2) is 8.42 Å². The molecule has 4 aromatic rings. The Kier molecular flexibility index (Phi) is 7.24. The van der Waals surface area contributed by atoms with Crippen LogP contribution in [-0.4, -0.2) is 14.3 Å². The SMILES string of the molecule is Cc1ccc(C)c(NS(=O)(=O)c2cc(C(=O)NC(c3ccccc3)c3ccccc3)ccc2Cl)c1. The molecule has 0 unspecified atom stereocenters. The zero-order valence-corrected chi connectivity index (χ0v) is 20.9. The molecular formula is C28H25ClN2O3S. The highest BCUT2D eigenvalue weighted by atomic mass is 35.5. The molecule has 178 valence electrons. The highest BCUT2D eigenvalue weighted by Gasteiger charge is 2.23. The number of benzene rings is 4. The Balaban J connectivity index is 1.65. The van der Waals surface area contributed by atoms with Crippen LogP contribution < -0.4 is 10.0 Å². The van der Waals surface area contributed by atoms with Crippen molar-refractivity contribution in [3.05, 3.63) is 130 Å². The average molecular weight is 505 g/mol. The van der Waals surface area contributed by atoms with Gasteiger partial charge in [0.15, 0.2) is 0 Å². The molecule has 0 aliphatic heterocycles. The lowest BCUT2D eigenvalue weighted by atomic mass is 9.98. The van der Waals surface area contributed by atoms with Crippen molar-refractivity contribution in [2.24, 2.45) is 0 Å². The van der Waals surface area contributed by atoms with Crippen molar-refractivity contribution in [1.82, 2.24) is 5.32 Å². The molecule has 4 aromatic carbocycles. The van der Waals surface area contributed by atoms with E-state index in [4.69, 9.17) is 11.6 Å². The van der Waals surface area contributed by atoms with Crippen LogP contribution in [0.2, 0.25) is 5.02 Å². The average Bonchev–Trinajstić information content (AvgIpc) is 2.85. The van der Waals surface area contributed by atoms with Crippen LogP contribution in [0.4, 0.5) is 5.69 Å². The first-order valence-corrected chi connectivity index (χ1v) is 12.9. The van der Waals surface area contributed by atoms with E-state index in [2.05, 4.69) is 10.0 Å². The van der Waals surface area contributed by atoms with E-state index in [1.807, 2.05) is 86.6 Å². The van der Waals surface area contributed by atoms with Gasteiger partial charge >= 0.3 is 0 Å². The van der Waals surface area contributed by atoms with Crippen LogP contribution >= 0.6 is 11.6 Å². The summed E-state index contributed by atoms with van der Waals surface area (Å²) in [6, 6.07) is 28.5. The summed E-state index contributed by atoms with van der Waals surface area (Å²) in [7, 11) is -4.03. The zero-order valence-electron chi connectivity index (χ0n) is 19.3. The van der Waals surface area contributed by atoms with Crippen molar-refractivity contribution in [1.29, 1.82) is 0 Å². The fraction of sp³-hybridized carbons (Fsp3) is 0.107. The number of amides is 1. The molecule has 0 spiro atoms. The van der Waals surface area contributed by atoms with Crippen LogP contribution in [0.25, 0.3) is 0 Å². The molecule has 0 atom stereocenters. The standard InChI is InChI=1S/C28H25ClN2O3S/c1-19-13-14-20(2)25(17-19)31-35(33,34)26-18-23(15-16-24(26)29)28(32)30-27(21-9-5-3-6-10-21)22-11-7-4-8-12-22/h3-18,27,31H,1-2H3,(H,30,32). The van der Waals surface area contributed by atoms with E-state index >= 15 is 0 Å². The second-order valence-electron chi connectivity index (χ2n) is 8.30. The summed E-state index contributed by atoms with van der Waals surface area (Å²) < 4.78 is 29.0. The molecule has 0 bridgehead atoms. The molecule has 0 radical (unpaired) electrons. The normalized spacial score (nSPS) is 11.3. The Morgan fingerprint density at radius 3 is 2.00 bits per heavy atom. The van der Waals surface area contributed by atoms with Gasteiger partial charge in [-0.3, -0.25) is 9.52 Å². The minimum absolute atomic E-state index is 0.0297. The lowest BCUT2D eigenvalue weighted by Gasteiger charge is -2.20. The fourth-order valence-corrected chi connectivity index (χ4v) is 5.41. The quantitative estimate of drug-likeness (QED) is 0.311. The van der Waals surface area contributed by atoms with Crippen LogP contribution in [0.5, 0.6) is 0 Å². The molecule has 0 saturated carbocycles. The van der Waals surface area contributed by atoms with E-state index in [1.54, 1.807) is 6.07 Å². The topological polar surface area (TPSA) is 75.3 Å². The van der Waals surface area contributed by atoms with Crippen molar-refractivity contribution in [2.75, 3.05) is 4.72 Å². The highest BCUT2D eigenvalue weighted by molar-refractivity contribution is 7.92. The lowest BCUT2D eigenvalue weighted by Crippen LogP contribution is -2.29. The first-order chi connectivity index (χ1) is 16.7. The summed E-state index contributed by atoms with van der Waals surface area (Å²) in [6.45, 7) is 3.70. The van der Waals surface area contributed by atoms with Crippen LogP contribution in [0, 0.1) is 13.8 Å². The van der Waals surface area contributed by atoms with Gasteiger partial charge in [-0.1, -0.05) is 84.4 Å². The van der Waals surface area contributed by atoms with Crippen molar-refractivity contribution in [3.63, 3.8) is 0 Å². The van der Waals surface area contributed by atoms with E-state index in [0.717, 1.165) is 22.3 Å². The maximum atomic E-state index is 13.3. The first-order valence-electron chi connectivity index (χ1n) is 11.0. The smallest absolute Gasteiger partial charge is 0.263 e. The number of carbonyl (C=O) groups is 1. The number of sulfonamides is 1. The van der Waals surface area contributed by atoms with Gasteiger partial charge in [0.25, 0.3) is 15.9 Å². The van der Waals surface area contributed by atoms with E-state index < -0.39 is 22.0 Å². The Labute approximate surface area is 210 Å². The molecule has 0 aromatic heterocycles. The summed E-state index contributed by atoms with van der Waals surface area (Å²) in [5, 5.41) is 3.06. The Bertz CT molecular complexity index is 1420. The molecule has 4 rings (SSSR count). The van der Waals surface area contributed by atoms with Crippen molar-refractivity contribution in [2.45, 2.75) is 24.8 Å². The summed E-state index contributed by atoms with van der Waals surface area (Å²) >= 11 is 6.27. The van der Waals surface area contributed by atoms with Crippen molar-refractivity contribution >= 4 is 33.2 Å². The van der Waals surface area contributed by atoms with Crippen molar-refractivity contribution < 1.29 is 13.2 Å². The van der Waals surface area contributed by atoms with Gasteiger partial charge < -0.3 is 5.32 Å². The van der Waals surface area contributed by atoms with E-state index in [0.29, 0.717) is 5.69 Å². The Morgan fingerprint density at radius 1 is 0.800 bits per heavy atom. The summed E-state index contributed by atoms with van der Waals surface area (Å²) in [5.41, 5.74) is 4.16. The predicted molar refractivity (Wildman–Crippen MR) is 140 cm³/mol. The number of rotatable bonds is 7. The zero-order chi connectivity index (χ0) is 25.0. The largest absolute Gasteiger partial charge is 0.341 e. The number of aryl methyl sites for hydroxylation is 2. The second kappa shape index (κ2) is 10.3. The molecule has 0 fully saturated rings. The number of nitrogens with one attached hydrogen (secondary N) is 2. The van der Waals surface area contributed by atoms with Gasteiger partial charge in [0, 0.05) is 5.56 Å². The van der Waals surface area contributed by atoms with Crippen LogP contribution in [0.1, 0.15) is 38.7 Å². The minimum atomic E-state index is -4.03. The summed E-state index contributed by atoms with van der Waals surface area (Å²) in [5.74, 6) is -0.414. The van der Waals surface area contributed by atoms with E-state index in [9.17, 15) is 13.2 Å². The van der Waals surface area contributed by atoms with Gasteiger partial charge in [-0.15, -0.1) is 0 Å². The van der Waals surface area contributed by atoms with Gasteiger partial charge in [-0.05, 0) is 60.4 Å². The molecule has 7 heteroatoms. The van der Waals surface area contributed by atoms with Crippen LogP contribution in [0.3, 0.4) is 0 Å². The first kappa shape index (κ1) is 24.5. The van der Waals surface area contributed by atoms with Gasteiger partial charge in [-0.2, -0.15) is 0 Å². The van der Waals surface area contributed by atoms with Crippen molar-refractivity contribution in [3.8, 4) is 0 Å². The third kappa shape index (κ3) is 5.73. The summed E-state index contributed by atoms with van der Waals surface area (Å²) in [4.78, 5) is 13.1. The maximum absolute atomic E-state index is 13.3. The molecule has 0 saturated heterocycles. The van der Waals surface area contributed by atoms with E-state index in [-0.39, 0.29) is 15.5 Å². The number of anilines is 1. The van der Waals surface area contributed by atoms with E-state index in [1.165, 1.54) is 18.2 Å². The van der Waals surface area contributed by atoms with Gasteiger partial charge in [0.2, 0.25) is 0 Å². The van der Waals surface area contributed by atoms with Crippen LogP contribution in [-0.2, 0) is 10.0 Å². The highest BCUT2D eigenvalue weighted by Crippen LogP contribution is 2.28. The van der Waals surface area contributed by atoms with Gasteiger partial charge in [0.05, 0.1) is 16.8 Å². The molecule has 1 amide bonds. The minimum Gasteiger partial charge on any atom is -0.341 e. The number of hydrogen-bond donors (Lipinski definition) is 2. The molecule has 0 heterocycles. The number of halogens is 1. The molecule has 5 nitrogen and oxygen atoms in total. The molecule has 0 aliphatic rings. The fourth-order valence-electron chi connectivity index (χ4n) is 3.76. The number of hydrogen-bond acceptors (Lipinski definition) is 3. The third-order valence-electron chi connectivity index (χ3n) is 5.66. The Morgan fingerprint density at radius 2 is 1.40 bits per heavy atom. The number of carbonyl (C=O) groups excluding carboxylic acids is 1. The molecule has 2 N–H and O–H groups in total. The molecular weight excluding hydrogens is 480 g/mol. The second-order valence-corrected chi connectivity index (χ2v) is 10.4. The monoisotopic (exact) mass is 504 g/mol. The van der Waals surface area contributed by atoms with Gasteiger partial charge in [0.1, 0.15) is 4.90 Å². The molecule has 35 heavy (non-hydrogen) atoms. The predicted octanol–water partition coefficient (Wildman–Crippen LogP) is 6.28. The molecule has 0 aliphatic carbocycles. The summed E-state index contributed by atoms with van der Waals surface area (Å²) in [6.07, 6.45) is 0. The Hall–Kier alpha value is -3.61. The van der Waals surface area contributed by atoms with Crippen LogP contribution in [0.15, 0.2) is 102 Å². The third-order valence-corrected chi connectivity index (χ3v) is 7.51.